The first-order valence-electron chi connectivity index (χ1n) is 10.2. The lowest BCUT2D eigenvalue weighted by Crippen LogP contribution is -3.06. The van der Waals surface area contributed by atoms with E-state index < -0.39 is 0 Å². The van der Waals surface area contributed by atoms with Crippen LogP contribution in [0.4, 0.5) is 0 Å². The van der Waals surface area contributed by atoms with Crippen LogP contribution >= 0.6 is 11.3 Å². The van der Waals surface area contributed by atoms with Crippen molar-refractivity contribution in [1.82, 2.24) is 9.97 Å². The number of hydrogen-bond donors (Lipinski definition) is 2. The number of aromatic nitrogens is 2. The van der Waals surface area contributed by atoms with Gasteiger partial charge in [0.25, 0.3) is 5.56 Å². The summed E-state index contributed by atoms with van der Waals surface area (Å²) in [6.45, 7) is 8.26. The molecule has 29 heavy (non-hydrogen) atoms. The molecule has 1 aliphatic heterocycles. The second-order valence-electron chi connectivity index (χ2n) is 8.05. The minimum absolute atomic E-state index is 0.0106. The van der Waals surface area contributed by atoms with E-state index in [1.54, 1.807) is 11.3 Å². The van der Waals surface area contributed by atoms with E-state index in [-0.39, 0.29) is 12.4 Å². The molecule has 4 rings (SSSR count). The van der Waals surface area contributed by atoms with Crippen molar-refractivity contribution >= 4 is 21.6 Å². The lowest BCUT2D eigenvalue weighted by atomic mass is 9.98. The van der Waals surface area contributed by atoms with Gasteiger partial charge in [0, 0.05) is 10.4 Å². The zero-order valence-electron chi connectivity index (χ0n) is 17.4. The van der Waals surface area contributed by atoms with Crippen LogP contribution in [0.2, 0.25) is 0 Å². The van der Waals surface area contributed by atoms with Gasteiger partial charge in [-0.15, -0.1) is 11.3 Å². The molecule has 0 saturated heterocycles. The van der Waals surface area contributed by atoms with Crippen molar-refractivity contribution < 1.29 is 14.4 Å². The number of nitrogens with zero attached hydrogens (tertiary/aromatic N) is 1. The molecule has 0 fully saturated rings. The number of nitrogens with one attached hydrogen (secondary N) is 2. The van der Waals surface area contributed by atoms with Gasteiger partial charge in [0.15, 0.2) is 17.3 Å². The van der Waals surface area contributed by atoms with Crippen LogP contribution < -0.4 is 19.9 Å². The van der Waals surface area contributed by atoms with Crippen molar-refractivity contribution in [3.8, 4) is 11.5 Å². The molecule has 2 atom stereocenters. The van der Waals surface area contributed by atoms with Gasteiger partial charge in [-0.05, 0) is 43.0 Å². The maximum absolute atomic E-state index is 12.8. The second-order valence-corrected chi connectivity index (χ2v) is 9.25. The molecule has 1 aromatic carbocycles. The second kappa shape index (κ2) is 8.16. The van der Waals surface area contributed by atoms with Gasteiger partial charge in [-0.1, -0.05) is 20.3 Å². The summed E-state index contributed by atoms with van der Waals surface area (Å²) in [5.41, 5.74) is 2.32. The van der Waals surface area contributed by atoms with Gasteiger partial charge in [0.1, 0.15) is 17.9 Å². The number of quaternary nitrogens is 1. The Hall–Kier alpha value is -2.38. The smallest absolute Gasteiger partial charge is 0.260 e. The third-order valence-electron chi connectivity index (χ3n) is 5.57. The maximum atomic E-state index is 12.8. The molecular weight excluding hydrogens is 386 g/mol. The minimum Gasteiger partial charge on any atom is -0.454 e. The van der Waals surface area contributed by atoms with Gasteiger partial charge in [0.2, 0.25) is 6.79 Å². The fourth-order valence-electron chi connectivity index (χ4n) is 3.79. The van der Waals surface area contributed by atoms with Crippen molar-refractivity contribution in [2.75, 3.05) is 13.8 Å². The SMILES string of the molecule is CC[C@@H](C)Cc1c(C)sc2nc(C[NH+](C)Cc3ccc4c(c3)OCO4)[nH]c(=O)c12. The normalized spacial score (nSPS) is 15.0. The molecule has 0 radical (unpaired) electrons. The van der Waals surface area contributed by atoms with E-state index in [4.69, 9.17) is 14.5 Å². The number of aromatic amines is 1. The predicted octanol–water partition coefficient (Wildman–Crippen LogP) is 2.83. The van der Waals surface area contributed by atoms with Gasteiger partial charge in [-0.2, -0.15) is 0 Å². The molecule has 1 unspecified atom stereocenters. The molecule has 2 aromatic heterocycles. The molecule has 0 amide bonds. The zero-order valence-corrected chi connectivity index (χ0v) is 18.2. The van der Waals surface area contributed by atoms with Crippen LogP contribution in [0.3, 0.4) is 0 Å². The Bertz CT molecular complexity index is 1090. The predicted molar refractivity (Wildman–Crippen MR) is 115 cm³/mol. The highest BCUT2D eigenvalue weighted by Gasteiger charge is 2.19. The van der Waals surface area contributed by atoms with Crippen LogP contribution in [0.1, 0.15) is 42.1 Å². The van der Waals surface area contributed by atoms with Crippen LogP contribution in [0.15, 0.2) is 23.0 Å². The molecule has 0 spiro atoms. The van der Waals surface area contributed by atoms with E-state index in [2.05, 4.69) is 38.9 Å². The number of H-pyrrole nitrogens is 1. The first kappa shape index (κ1) is 19.9. The zero-order chi connectivity index (χ0) is 20.5. The van der Waals surface area contributed by atoms with Crippen LogP contribution in [-0.2, 0) is 19.5 Å². The quantitative estimate of drug-likeness (QED) is 0.624. The number of ether oxygens (including phenoxy) is 2. The van der Waals surface area contributed by atoms with Crippen LogP contribution in [0, 0.1) is 12.8 Å². The van der Waals surface area contributed by atoms with Gasteiger partial charge in [0.05, 0.1) is 12.4 Å². The van der Waals surface area contributed by atoms with E-state index >= 15 is 0 Å². The van der Waals surface area contributed by atoms with E-state index in [0.29, 0.717) is 12.5 Å². The number of aryl methyl sites for hydroxylation is 1. The Morgan fingerprint density at radius 2 is 2.07 bits per heavy atom. The third-order valence-corrected chi connectivity index (χ3v) is 6.61. The summed E-state index contributed by atoms with van der Waals surface area (Å²) in [5.74, 6) is 2.88. The fraction of sp³-hybridized carbons (Fsp3) is 0.455. The molecule has 2 N–H and O–H groups in total. The topological polar surface area (TPSA) is 68.7 Å². The lowest BCUT2D eigenvalue weighted by molar-refractivity contribution is -0.908. The van der Waals surface area contributed by atoms with Gasteiger partial charge >= 0.3 is 0 Å². The van der Waals surface area contributed by atoms with E-state index in [1.807, 2.05) is 12.1 Å². The fourth-order valence-corrected chi connectivity index (χ4v) is 4.86. The Balaban J connectivity index is 1.53. The summed E-state index contributed by atoms with van der Waals surface area (Å²) in [7, 11) is 2.10. The molecule has 3 aromatic rings. The monoisotopic (exact) mass is 414 g/mol. The summed E-state index contributed by atoms with van der Waals surface area (Å²) >= 11 is 1.63. The average molecular weight is 415 g/mol. The minimum atomic E-state index is -0.0106. The summed E-state index contributed by atoms with van der Waals surface area (Å²) in [6.07, 6.45) is 2.04. The van der Waals surface area contributed by atoms with Crippen molar-refractivity contribution in [2.24, 2.45) is 5.92 Å². The van der Waals surface area contributed by atoms with Crippen molar-refractivity contribution in [3.05, 3.63) is 50.4 Å². The number of benzene rings is 1. The first-order chi connectivity index (χ1) is 13.9. The van der Waals surface area contributed by atoms with E-state index in [1.165, 1.54) is 15.3 Å². The van der Waals surface area contributed by atoms with E-state index in [9.17, 15) is 4.79 Å². The highest BCUT2D eigenvalue weighted by atomic mass is 32.1. The summed E-state index contributed by atoms with van der Waals surface area (Å²) < 4.78 is 10.8. The standard InChI is InChI=1S/C22H27N3O3S/c1-5-13(2)8-16-14(3)29-22-20(16)21(26)23-19(24-22)11-25(4)10-15-6-7-17-18(9-15)28-12-27-17/h6-7,9,13H,5,8,10-12H2,1-4H3,(H,23,24,26)/p+1/t13-/m1/s1. The molecular formula is C22H28N3O3S+. The van der Waals surface area contributed by atoms with Crippen LogP contribution in [-0.4, -0.2) is 23.8 Å². The molecule has 3 heterocycles. The first-order valence-corrected chi connectivity index (χ1v) is 11.0. The molecule has 1 aliphatic rings. The third kappa shape index (κ3) is 4.16. The van der Waals surface area contributed by atoms with E-state index in [0.717, 1.165) is 52.5 Å². The van der Waals surface area contributed by atoms with Crippen LogP contribution in [0.5, 0.6) is 11.5 Å². The largest absolute Gasteiger partial charge is 0.454 e. The van der Waals surface area contributed by atoms with Gasteiger partial charge in [-0.3, -0.25) is 4.79 Å². The molecule has 0 bridgehead atoms. The summed E-state index contributed by atoms with van der Waals surface area (Å²) in [4.78, 5) is 24.0. The number of rotatable bonds is 7. The maximum Gasteiger partial charge on any atom is 0.260 e. The molecule has 0 aliphatic carbocycles. The molecule has 6 nitrogen and oxygen atoms in total. The average Bonchev–Trinajstić information content (AvgIpc) is 3.25. The number of hydrogen-bond acceptors (Lipinski definition) is 5. The summed E-state index contributed by atoms with van der Waals surface area (Å²) in [5, 5.41) is 0.782. The molecule has 7 heteroatoms. The Labute approximate surface area is 174 Å². The van der Waals surface area contributed by atoms with Crippen LogP contribution in [0.25, 0.3) is 10.2 Å². The summed E-state index contributed by atoms with van der Waals surface area (Å²) in [6, 6.07) is 6.03. The van der Waals surface area contributed by atoms with Crippen molar-refractivity contribution in [1.29, 1.82) is 0 Å². The number of fused-ring (bicyclic) bond motifs is 2. The highest BCUT2D eigenvalue weighted by Crippen LogP contribution is 2.32. The Morgan fingerprint density at radius 1 is 1.28 bits per heavy atom. The Morgan fingerprint density at radius 3 is 2.86 bits per heavy atom. The lowest BCUT2D eigenvalue weighted by Gasteiger charge is -2.14. The van der Waals surface area contributed by atoms with Crippen molar-refractivity contribution in [2.45, 2.75) is 46.7 Å². The highest BCUT2D eigenvalue weighted by molar-refractivity contribution is 7.18. The Kier molecular flexibility index (Phi) is 5.61. The number of thiophene rings is 1. The molecule has 154 valence electrons. The molecule has 0 saturated carbocycles. The van der Waals surface area contributed by atoms with Gasteiger partial charge in [-0.25, -0.2) is 4.98 Å². The van der Waals surface area contributed by atoms with Crippen molar-refractivity contribution in [3.63, 3.8) is 0 Å². The van der Waals surface area contributed by atoms with Gasteiger partial charge < -0.3 is 19.4 Å².